The third-order valence-corrected chi connectivity index (χ3v) is 3.91. The van der Waals surface area contributed by atoms with Crippen molar-refractivity contribution in [1.82, 2.24) is 5.32 Å². The van der Waals surface area contributed by atoms with Crippen LogP contribution in [0.5, 0.6) is 11.5 Å². The summed E-state index contributed by atoms with van der Waals surface area (Å²) in [5.74, 6) is -0.189. The predicted octanol–water partition coefficient (Wildman–Crippen LogP) is 1.81. The van der Waals surface area contributed by atoms with Gasteiger partial charge in [-0.05, 0) is 25.0 Å². The molecular formula is C17H19N3O6. The molecule has 1 aromatic rings. The van der Waals surface area contributed by atoms with E-state index in [1.807, 2.05) is 0 Å². The lowest BCUT2D eigenvalue weighted by atomic mass is 10.1. The molecule has 1 aliphatic heterocycles. The van der Waals surface area contributed by atoms with Crippen molar-refractivity contribution in [3.05, 3.63) is 33.4 Å². The van der Waals surface area contributed by atoms with Gasteiger partial charge >= 0.3 is 0 Å². The van der Waals surface area contributed by atoms with Gasteiger partial charge in [0.05, 0.1) is 36.9 Å². The van der Waals surface area contributed by atoms with Crippen LogP contribution in [0.15, 0.2) is 17.7 Å². The van der Waals surface area contributed by atoms with Crippen LogP contribution in [-0.2, 0) is 9.53 Å². The lowest BCUT2D eigenvalue weighted by Gasteiger charge is -2.11. The number of nitriles is 1. The molecule has 1 amide bonds. The topological polar surface area (TPSA) is 124 Å². The van der Waals surface area contributed by atoms with E-state index in [0.717, 1.165) is 18.9 Å². The number of carbonyl (C=O) groups is 1. The summed E-state index contributed by atoms with van der Waals surface area (Å²) < 4.78 is 15.6. The number of benzene rings is 1. The Hall–Kier alpha value is -3.12. The summed E-state index contributed by atoms with van der Waals surface area (Å²) in [4.78, 5) is 22.9. The van der Waals surface area contributed by atoms with Gasteiger partial charge in [-0.15, -0.1) is 0 Å². The minimum atomic E-state index is -0.618. The largest absolute Gasteiger partial charge is 0.493 e. The Morgan fingerprint density at radius 2 is 2.15 bits per heavy atom. The minimum absolute atomic E-state index is 0.0662. The molecule has 9 nitrogen and oxygen atoms in total. The maximum absolute atomic E-state index is 12.2. The number of nitro groups is 1. The third-order valence-electron chi connectivity index (χ3n) is 3.91. The van der Waals surface area contributed by atoms with Gasteiger partial charge in [-0.3, -0.25) is 14.9 Å². The summed E-state index contributed by atoms with van der Waals surface area (Å²) in [7, 11) is 2.74. The van der Waals surface area contributed by atoms with Gasteiger partial charge in [0.15, 0.2) is 11.5 Å². The van der Waals surface area contributed by atoms with Crippen molar-refractivity contribution in [1.29, 1.82) is 5.26 Å². The molecule has 0 spiro atoms. The van der Waals surface area contributed by atoms with Crippen LogP contribution in [-0.4, -0.2) is 44.3 Å². The fraction of sp³-hybridized carbons (Fsp3) is 0.412. The molecule has 2 rings (SSSR count). The number of carbonyl (C=O) groups excluding carboxylic acids is 1. The van der Waals surface area contributed by atoms with Crippen molar-refractivity contribution in [2.75, 3.05) is 27.4 Å². The first-order valence-electron chi connectivity index (χ1n) is 7.92. The molecule has 138 valence electrons. The lowest BCUT2D eigenvalue weighted by molar-refractivity contribution is -0.385. The van der Waals surface area contributed by atoms with Crippen LogP contribution in [0.3, 0.4) is 0 Å². The van der Waals surface area contributed by atoms with Crippen LogP contribution in [0, 0.1) is 21.4 Å². The SMILES string of the molecule is COc1cc(/C=C(/C#N)C(=O)NC[C@@H]2CCCO2)c([N+](=O)[O-])cc1OC. The van der Waals surface area contributed by atoms with Gasteiger partial charge < -0.3 is 19.5 Å². The maximum atomic E-state index is 12.2. The van der Waals surface area contributed by atoms with Gasteiger partial charge in [0, 0.05) is 13.2 Å². The molecule has 0 bridgehead atoms. The molecule has 1 aromatic carbocycles. The van der Waals surface area contributed by atoms with Crippen LogP contribution in [0.25, 0.3) is 6.08 Å². The van der Waals surface area contributed by atoms with Crippen molar-refractivity contribution < 1.29 is 23.9 Å². The number of ether oxygens (including phenoxy) is 3. The molecule has 9 heteroatoms. The van der Waals surface area contributed by atoms with E-state index in [9.17, 15) is 20.2 Å². The van der Waals surface area contributed by atoms with Gasteiger partial charge in [-0.25, -0.2) is 0 Å². The van der Waals surface area contributed by atoms with Gasteiger partial charge in [0.1, 0.15) is 11.6 Å². The molecule has 1 heterocycles. The highest BCUT2D eigenvalue weighted by atomic mass is 16.6. The van der Waals surface area contributed by atoms with Crippen molar-refractivity contribution in [3.63, 3.8) is 0 Å². The third kappa shape index (κ3) is 4.49. The molecule has 1 atom stereocenters. The lowest BCUT2D eigenvalue weighted by Crippen LogP contribution is -2.32. The predicted molar refractivity (Wildman–Crippen MR) is 91.8 cm³/mol. The summed E-state index contributed by atoms with van der Waals surface area (Å²) in [6.07, 6.45) is 2.85. The molecular weight excluding hydrogens is 342 g/mol. The van der Waals surface area contributed by atoms with E-state index in [1.54, 1.807) is 6.07 Å². The number of nitro benzene ring substituents is 1. The first-order valence-corrected chi connectivity index (χ1v) is 7.92. The van der Waals surface area contributed by atoms with Crippen LogP contribution in [0.4, 0.5) is 5.69 Å². The molecule has 1 fully saturated rings. The van der Waals surface area contributed by atoms with Gasteiger partial charge in [0.2, 0.25) is 0 Å². The van der Waals surface area contributed by atoms with Crippen molar-refractivity contribution in [3.8, 4) is 17.6 Å². The molecule has 0 unspecified atom stereocenters. The molecule has 0 saturated carbocycles. The highest BCUT2D eigenvalue weighted by Crippen LogP contribution is 2.35. The Bertz CT molecular complexity index is 762. The van der Waals surface area contributed by atoms with E-state index in [1.165, 1.54) is 26.4 Å². The highest BCUT2D eigenvalue weighted by molar-refractivity contribution is 6.02. The van der Waals surface area contributed by atoms with Crippen molar-refractivity contribution >= 4 is 17.7 Å². The first kappa shape index (κ1) is 19.2. The van der Waals surface area contributed by atoms with Crippen LogP contribution in [0.2, 0.25) is 0 Å². The number of nitrogens with zero attached hydrogens (tertiary/aromatic N) is 2. The number of amides is 1. The zero-order valence-corrected chi connectivity index (χ0v) is 14.5. The molecule has 1 aliphatic rings. The van der Waals surface area contributed by atoms with Crippen LogP contribution in [0.1, 0.15) is 18.4 Å². The molecule has 26 heavy (non-hydrogen) atoms. The van der Waals surface area contributed by atoms with E-state index in [-0.39, 0.29) is 41.0 Å². The van der Waals surface area contributed by atoms with E-state index >= 15 is 0 Å². The second-order valence-corrected chi connectivity index (χ2v) is 5.54. The number of hydrogen-bond acceptors (Lipinski definition) is 7. The van der Waals surface area contributed by atoms with Gasteiger partial charge in [-0.1, -0.05) is 0 Å². The second-order valence-electron chi connectivity index (χ2n) is 5.54. The number of hydrogen-bond donors (Lipinski definition) is 1. The van der Waals surface area contributed by atoms with E-state index in [2.05, 4.69) is 5.32 Å². The van der Waals surface area contributed by atoms with Crippen molar-refractivity contribution in [2.45, 2.75) is 18.9 Å². The second kappa shape index (κ2) is 8.82. The number of methoxy groups -OCH3 is 2. The van der Waals surface area contributed by atoms with E-state index in [0.29, 0.717) is 6.61 Å². The minimum Gasteiger partial charge on any atom is -0.493 e. The zero-order chi connectivity index (χ0) is 19.1. The Labute approximate surface area is 150 Å². The summed E-state index contributed by atoms with van der Waals surface area (Å²) in [5.41, 5.74) is -0.489. The number of rotatable bonds is 7. The zero-order valence-electron chi connectivity index (χ0n) is 14.5. The standard InChI is InChI=1S/C17H19N3O6/c1-24-15-7-11(14(20(22)23)8-16(15)25-2)6-12(9-18)17(21)19-10-13-4-3-5-26-13/h6-8,13H,3-5,10H2,1-2H3,(H,19,21)/b12-6-/t13-/m0/s1. The Morgan fingerprint density at radius 1 is 1.46 bits per heavy atom. The first-order chi connectivity index (χ1) is 12.5. The molecule has 0 aliphatic carbocycles. The summed E-state index contributed by atoms with van der Waals surface area (Å²) >= 11 is 0. The Balaban J connectivity index is 2.29. The normalized spacial score (nSPS) is 16.7. The van der Waals surface area contributed by atoms with Gasteiger partial charge in [0.25, 0.3) is 11.6 Å². The molecule has 1 saturated heterocycles. The Morgan fingerprint density at radius 3 is 2.69 bits per heavy atom. The van der Waals surface area contributed by atoms with Gasteiger partial charge in [-0.2, -0.15) is 5.26 Å². The van der Waals surface area contributed by atoms with Crippen LogP contribution < -0.4 is 14.8 Å². The summed E-state index contributed by atoms with van der Waals surface area (Å²) in [6.45, 7) is 0.936. The average molecular weight is 361 g/mol. The van der Waals surface area contributed by atoms with Crippen LogP contribution >= 0.6 is 0 Å². The summed E-state index contributed by atoms with van der Waals surface area (Å²) in [5, 5.41) is 23.2. The molecule has 0 aromatic heterocycles. The maximum Gasteiger partial charge on any atom is 0.280 e. The smallest absolute Gasteiger partial charge is 0.280 e. The number of nitrogens with one attached hydrogen (secondary N) is 1. The summed E-state index contributed by atoms with van der Waals surface area (Å²) in [6, 6.07) is 4.30. The monoisotopic (exact) mass is 361 g/mol. The van der Waals surface area contributed by atoms with E-state index < -0.39 is 10.8 Å². The average Bonchev–Trinajstić information content (AvgIpc) is 3.16. The van der Waals surface area contributed by atoms with E-state index in [4.69, 9.17) is 14.2 Å². The quantitative estimate of drug-likeness (QED) is 0.340. The molecule has 1 N–H and O–H groups in total. The fourth-order valence-electron chi connectivity index (χ4n) is 2.57. The van der Waals surface area contributed by atoms with Crippen molar-refractivity contribution in [2.24, 2.45) is 0 Å². The Kier molecular flexibility index (Phi) is 6.52. The fourth-order valence-corrected chi connectivity index (χ4v) is 2.57. The highest BCUT2D eigenvalue weighted by Gasteiger charge is 2.21. The molecule has 0 radical (unpaired) electrons.